The van der Waals surface area contributed by atoms with Gasteiger partial charge in [0.15, 0.2) is 6.29 Å². The molecule has 0 saturated carbocycles. The Kier molecular flexibility index (Phi) is 4.59. The van der Waals surface area contributed by atoms with E-state index in [0.29, 0.717) is 18.9 Å². The van der Waals surface area contributed by atoms with Gasteiger partial charge in [-0.15, -0.1) is 0 Å². The summed E-state index contributed by atoms with van der Waals surface area (Å²) in [5.74, 6) is 0. The number of aryl methyl sites for hydroxylation is 1. The van der Waals surface area contributed by atoms with E-state index in [1.165, 1.54) is 0 Å². The van der Waals surface area contributed by atoms with Crippen molar-refractivity contribution in [1.82, 2.24) is 4.57 Å². The Morgan fingerprint density at radius 1 is 1.04 bits per heavy atom. The largest absolute Gasteiger partial charge is 0.416 e. The van der Waals surface area contributed by atoms with Crippen molar-refractivity contribution in [3.05, 3.63) is 50.8 Å². The fourth-order valence-corrected chi connectivity index (χ4v) is 3.51. The molecule has 0 atom stereocenters. The summed E-state index contributed by atoms with van der Waals surface area (Å²) in [4.78, 5) is 0. The minimum Gasteiger partial charge on any atom is -0.346 e. The first-order chi connectivity index (χ1) is 11.2. The molecule has 0 bridgehead atoms. The maximum Gasteiger partial charge on any atom is 0.416 e. The third-order valence-corrected chi connectivity index (χ3v) is 4.49. The van der Waals surface area contributed by atoms with Crippen LogP contribution in [0.2, 0.25) is 10.0 Å². The molecule has 0 radical (unpaired) electrons. The lowest BCUT2D eigenvalue weighted by Gasteiger charge is -2.17. The monoisotopic (exact) mass is 379 g/mol. The van der Waals surface area contributed by atoms with Crippen molar-refractivity contribution in [3.8, 4) is 5.69 Å². The van der Waals surface area contributed by atoms with Crippen molar-refractivity contribution < 1.29 is 22.6 Å². The maximum atomic E-state index is 12.9. The van der Waals surface area contributed by atoms with E-state index in [1.807, 2.05) is 19.9 Å². The average Bonchev–Trinajstić information content (AvgIpc) is 3.08. The molecular formula is C16H14Cl2F3NO2. The van der Waals surface area contributed by atoms with E-state index in [9.17, 15) is 13.2 Å². The van der Waals surface area contributed by atoms with Crippen LogP contribution in [0.15, 0.2) is 18.2 Å². The van der Waals surface area contributed by atoms with Gasteiger partial charge in [-0.25, -0.2) is 0 Å². The van der Waals surface area contributed by atoms with Crippen LogP contribution in [0.3, 0.4) is 0 Å². The van der Waals surface area contributed by atoms with E-state index < -0.39 is 18.0 Å². The molecule has 24 heavy (non-hydrogen) atoms. The Bertz CT molecular complexity index is 757. The molecule has 2 heterocycles. The minimum absolute atomic E-state index is 0.0727. The standard InChI is InChI=1S/C16H14Cl2F3NO2/c1-8-5-11(15-23-3-4-24-15)9(2)22(8)14-12(17)6-10(7-13(14)18)16(19,20)21/h5-7,15H,3-4H2,1-2H3. The van der Waals surface area contributed by atoms with E-state index in [-0.39, 0.29) is 10.0 Å². The van der Waals surface area contributed by atoms with Crippen LogP contribution < -0.4 is 0 Å². The maximum absolute atomic E-state index is 12.9. The van der Waals surface area contributed by atoms with Crippen LogP contribution in [0.5, 0.6) is 0 Å². The van der Waals surface area contributed by atoms with Crippen molar-refractivity contribution in [2.24, 2.45) is 0 Å². The molecule has 130 valence electrons. The van der Waals surface area contributed by atoms with Crippen LogP contribution in [0.1, 0.15) is 28.8 Å². The van der Waals surface area contributed by atoms with Gasteiger partial charge in [0.1, 0.15) is 0 Å². The quantitative estimate of drug-likeness (QED) is 0.690. The summed E-state index contributed by atoms with van der Waals surface area (Å²) in [6.07, 6.45) is -5.00. The van der Waals surface area contributed by atoms with Gasteiger partial charge in [-0.05, 0) is 32.0 Å². The van der Waals surface area contributed by atoms with Gasteiger partial charge in [0.05, 0.1) is 34.5 Å². The molecular weight excluding hydrogens is 366 g/mol. The summed E-state index contributed by atoms with van der Waals surface area (Å²) in [6.45, 7) is 4.62. The highest BCUT2D eigenvalue weighted by Gasteiger charge is 2.33. The smallest absolute Gasteiger partial charge is 0.346 e. The van der Waals surface area contributed by atoms with E-state index in [1.54, 1.807) is 4.57 Å². The van der Waals surface area contributed by atoms with Crippen LogP contribution in [-0.2, 0) is 15.7 Å². The molecule has 1 saturated heterocycles. The van der Waals surface area contributed by atoms with Crippen LogP contribution >= 0.6 is 23.2 Å². The summed E-state index contributed by atoms with van der Waals surface area (Å²) in [7, 11) is 0. The number of ether oxygens (including phenoxy) is 2. The summed E-state index contributed by atoms with van der Waals surface area (Å²) in [5, 5.41) is -0.145. The lowest BCUT2D eigenvalue weighted by Crippen LogP contribution is -2.08. The number of halogens is 5. The zero-order chi connectivity index (χ0) is 17.6. The van der Waals surface area contributed by atoms with Crippen LogP contribution in [-0.4, -0.2) is 17.8 Å². The Balaban J connectivity index is 2.13. The number of benzene rings is 1. The van der Waals surface area contributed by atoms with Gasteiger partial charge < -0.3 is 14.0 Å². The zero-order valence-corrected chi connectivity index (χ0v) is 14.4. The first kappa shape index (κ1) is 17.6. The molecule has 1 aromatic carbocycles. The Hall–Kier alpha value is -1.21. The molecule has 0 aliphatic carbocycles. The first-order valence-corrected chi connectivity index (χ1v) is 7.94. The SMILES string of the molecule is Cc1cc(C2OCCO2)c(C)n1-c1c(Cl)cc(C(F)(F)F)cc1Cl. The van der Waals surface area contributed by atoms with Gasteiger partial charge in [-0.1, -0.05) is 23.2 Å². The molecule has 0 amide bonds. The summed E-state index contributed by atoms with van der Waals surface area (Å²) >= 11 is 12.2. The lowest BCUT2D eigenvalue weighted by atomic mass is 10.2. The summed E-state index contributed by atoms with van der Waals surface area (Å²) < 4.78 is 51.4. The van der Waals surface area contributed by atoms with Gasteiger partial charge in [0, 0.05) is 17.0 Å². The highest BCUT2D eigenvalue weighted by atomic mass is 35.5. The molecule has 2 aromatic rings. The third kappa shape index (κ3) is 3.04. The number of nitrogens with zero attached hydrogens (tertiary/aromatic N) is 1. The predicted octanol–water partition coefficient (Wildman–Crippen LogP) is 5.47. The van der Waals surface area contributed by atoms with E-state index in [0.717, 1.165) is 29.1 Å². The Morgan fingerprint density at radius 3 is 2.08 bits per heavy atom. The molecule has 1 aromatic heterocycles. The van der Waals surface area contributed by atoms with Crippen molar-refractivity contribution >= 4 is 23.2 Å². The second kappa shape index (κ2) is 6.26. The fraction of sp³-hybridized carbons (Fsp3) is 0.375. The van der Waals surface area contributed by atoms with Crippen molar-refractivity contribution in [3.63, 3.8) is 0 Å². The fourth-order valence-electron chi connectivity index (χ4n) is 2.85. The third-order valence-electron chi connectivity index (χ3n) is 3.91. The van der Waals surface area contributed by atoms with Gasteiger partial charge in [0.25, 0.3) is 0 Å². The van der Waals surface area contributed by atoms with E-state index in [2.05, 4.69) is 0 Å². The van der Waals surface area contributed by atoms with E-state index >= 15 is 0 Å². The Morgan fingerprint density at radius 2 is 1.58 bits per heavy atom. The van der Waals surface area contributed by atoms with Crippen molar-refractivity contribution in [2.75, 3.05) is 13.2 Å². The van der Waals surface area contributed by atoms with Gasteiger partial charge in [0.2, 0.25) is 0 Å². The molecule has 1 fully saturated rings. The van der Waals surface area contributed by atoms with Crippen molar-refractivity contribution in [1.29, 1.82) is 0 Å². The summed E-state index contributed by atoms with van der Waals surface area (Å²) in [5.41, 5.74) is 1.75. The first-order valence-electron chi connectivity index (χ1n) is 7.19. The number of hydrogen-bond acceptors (Lipinski definition) is 2. The summed E-state index contributed by atoms with van der Waals surface area (Å²) in [6, 6.07) is 3.61. The highest BCUT2D eigenvalue weighted by Crippen LogP contribution is 2.40. The molecule has 1 aliphatic heterocycles. The Labute approximate surface area is 146 Å². The van der Waals surface area contributed by atoms with Gasteiger partial charge in [-0.2, -0.15) is 13.2 Å². The minimum atomic E-state index is -4.51. The molecule has 1 aliphatic rings. The second-order valence-electron chi connectivity index (χ2n) is 5.52. The predicted molar refractivity (Wildman–Crippen MR) is 84.9 cm³/mol. The van der Waals surface area contributed by atoms with Gasteiger partial charge in [-0.3, -0.25) is 0 Å². The average molecular weight is 380 g/mol. The topological polar surface area (TPSA) is 23.4 Å². The molecule has 0 spiro atoms. The number of aromatic nitrogens is 1. The molecule has 0 N–H and O–H groups in total. The van der Waals surface area contributed by atoms with Crippen molar-refractivity contribution in [2.45, 2.75) is 26.3 Å². The number of alkyl halides is 3. The van der Waals surface area contributed by atoms with Gasteiger partial charge >= 0.3 is 6.18 Å². The zero-order valence-electron chi connectivity index (χ0n) is 12.9. The number of hydrogen-bond donors (Lipinski definition) is 0. The lowest BCUT2D eigenvalue weighted by molar-refractivity contribution is -0.137. The molecule has 3 nitrogen and oxygen atoms in total. The number of rotatable bonds is 2. The molecule has 3 rings (SSSR count). The highest BCUT2D eigenvalue weighted by molar-refractivity contribution is 6.38. The normalized spacial score (nSPS) is 16.1. The second-order valence-corrected chi connectivity index (χ2v) is 6.34. The van der Waals surface area contributed by atoms with Crippen LogP contribution in [0, 0.1) is 13.8 Å². The molecule has 8 heteroatoms. The van der Waals surface area contributed by atoms with E-state index in [4.69, 9.17) is 32.7 Å². The van der Waals surface area contributed by atoms with Crippen LogP contribution in [0.4, 0.5) is 13.2 Å². The molecule has 0 unspecified atom stereocenters. The van der Waals surface area contributed by atoms with Crippen LogP contribution in [0.25, 0.3) is 5.69 Å².